The highest BCUT2D eigenvalue weighted by Crippen LogP contribution is 2.34. The maximum Gasteiger partial charge on any atom is 0.223 e. The van der Waals surface area contributed by atoms with Crippen LogP contribution >= 0.6 is 0 Å². The molecule has 0 saturated carbocycles. The van der Waals surface area contributed by atoms with Gasteiger partial charge >= 0.3 is 0 Å². The number of methoxy groups -OCH3 is 2. The fraction of sp³-hybridized carbons (Fsp3) is 0.611. The van der Waals surface area contributed by atoms with Crippen molar-refractivity contribution in [2.75, 3.05) is 33.9 Å². The molecule has 5 N–H and O–H groups in total. The van der Waals surface area contributed by atoms with Crippen molar-refractivity contribution >= 4 is 6.41 Å². The van der Waals surface area contributed by atoms with E-state index >= 15 is 0 Å². The number of piperidine rings is 1. The molecule has 1 heterocycles. The van der Waals surface area contributed by atoms with Crippen molar-refractivity contribution in [3.8, 4) is 17.2 Å². The van der Waals surface area contributed by atoms with Gasteiger partial charge in [0.25, 0.3) is 0 Å². The van der Waals surface area contributed by atoms with Gasteiger partial charge in [0.15, 0.2) is 0 Å². The number of rotatable bonds is 7. The molecule has 1 aliphatic rings. The van der Waals surface area contributed by atoms with Crippen LogP contribution in [0.1, 0.15) is 25.8 Å². The Morgan fingerprint density at radius 1 is 1.27 bits per heavy atom. The van der Waals surface area contributed by atoms with Gasteiger partial charge in [0.2, 0.25) is 6.41 Å². The van der Waals surface area contributed by atoms with E-state index in [2.05, 4.69) is 12.2 Å². The van der Waals surface area contributed by atoms with E-state index in [1.54, 1.807) is 12.1 Å². The molecule has 1 amide bonds. The zero-order valence-electron chi connectivity index (χ0n) is 16.2. The van der Waals surface area contributed by atoms with Crippen LogP contribution in [0.25, 0.3) is 0 Å². The first-order valence-electron chi connectivity index (χ1n) is 8.75. The van der Waals surface area contributed by atoms with Crippen molar-refractivity contribution in [3.05, 3.63) is 17.7 Å². The van der Waals surface area contributed by atoms with Gasteiger partial charge < -0.3 is 25.3 Å². The third-order valence-electron chi connectivity index (χ3n) is 3.97. The van der Waals surface area contributed by atoms with Crippen LogP contribution in [0.3, 0.4) is 0 Å². The van der Waals surface area contributed by atoms with Crippen molar-refractivity contribution in [1.82, 2.24) is 10.3 Å². The Kier molecular flexibility index (Phi) is 9.79. The predicted octanol–water partition coefficient (Wildman–Crippen LogP) is 0.878. The third-order valence-corrected chi connectivity index (χ3v) is 3.97. The Bertz CT molecular complexity index is 523. The van der Waals surface area contributed by atoms with Crippen molar-refractivity contribution in [1.29, 1.82) is 0 Å². The second-order valence-electron chi connectivity index (χ2n) is 6.28. The average Bonchev–Trinajstić information content (AvgIpc) is 2.62. The lowest BCUT2D eigenvalue weighted by atomic mass is 9.99. The molecule has 2 atom stereocenters. The topological polar surface area (TPSA) is 112 Å². The van der Waals surface area contributed by atoms with E-state index in [1.807, 2.05) is 6.92 Å². The summed E-state index contributed by atoms with van der Waals surface area (Å²) >= 11 is 0. The van der Waals surface area contributed by atoms with Gasteiger partial charge in [-0.3, -0.25) is 9.80 Å². The Labute approximate surface area is 155 Å². The Morgan fingerprint density at radius 3 is 2.27 bits per heavy atom. The number of ether oxygens (including phenoxy) is 3. The van der Waals surface area contributed by atoms with Crippen LogP contribution in [-0.2, 0) is 11.3 Å². The third kappa shape index (κ3) is 7.07. The largest absolute Gasteiger partial charge is 0.496 e. The van der Waals surface area contributed by atoms with Crippen LogP contribution in [0.15, 0.2) is 12.1 Å². The van der Waals surface area contributed by atoms with Crippen molar-refractivity contribution in [2.24, 2.45) is 17.5 Å². The Hall–Kier alpha value is -2.03. The zero-order chi connectivity index (χ0) is 19.5. The SMILES string of the molecule is CC1CNCC(N)C1.CCOc1cc(OC)c(CN(N)C=O)c(OC)c1. The molecule has 2 unspecified atom stereocenters. The fourth-order valence-electron chi connectivity index (χ4n) is 2.78. The number of carbonyl (C=O) groups is 1. The predicted molar refractivity (Wildman–Crippen MR) is 101 cm³/mol. The molecule has 26 heavy (non-hydrogen) atoms. The second-order valence-corrected chi connectivity index (χ2v) is 6.28. The highest BCUT2D eigenvalue weighted by molar-refractivity contribution is 5.53. The molecule has 0 aromatic heterocycles. The van der Waals surface area contributed by atoms with E-state index in [4.69, 9.17) is 25.8 Å². The van der Waals surface area contributed by atoms with Gasteiger partial charge in [-0.15, -0.1) is 0 Å². The Morgan fingerprint density at radius 2 is 1.88 bits per heavy atom. The minimum absolute atomic E-state index is 0.197. The fourth-order valence-corrected chi connectivity index (χ4v) is 2.78. The maximum absolute atomic E-state index is 10.6. The first-order chi connectivity index (χ1) is 12.4. The molecule has 2 rings (SSSR count). The summed E-state index contributed by atoms with van der Waals surface area (Å²) in [4.78, 5) is 10.6. The van der Waals surface area contributed by atoms with E-state index in [-0.39, 0.29) is 6.54 Å². The lowest BCUT2D eigenvalue weighted by molar-refractivity contribution is -0.118. The lowest BCUT2D eigenvalue weighted by Gasteiger charge is -2.24. The van der Waals surface area contributed by atoms with Crippen molar-refractivity contribution in [3.63, 3.8) is 0 Å². The molecule has 1 aromatic carbocycles. The number of nitrogens with one attached hydrogen (secondary N) is 1. The standard InChI is InChI=1S/C12H18N2O4.C6H14N2/c1-4-18-9-5-11(16-2)10(7-14(13)8-15)12(6-9)17-3;1-5-2-6(7)4-8-3-5/h5-6,8H,4,7,13H2,1-3H3;5-6,8H,2-4,7H2,1H3. The number of nitrogens with zero attached hydrogens (tertiary/aromatic N) is 1. The minimum atomic E-state index is 0.197. The number of amides is 1. The molecule has 1 aliphatic heterocycles. The molecule has 0 radical (unpaired) electrons. The highest BCUT2D eigenvalue weighted by atomic mass is 16.5. The molecule has 0 aliphatic carbocycles. The lowest BCUT2D eigenvalue weighted by Crippen LogP contribution is -2.43. The first-order valence-corrected chi connectivity index (χ1v) is 8.75. The number of benzene rings is 1. The normalized spacial score (nSPS) is 19.0. The molecule has 0 spiro atoms. The summed E-state index contributed by atoms with van der Waals surface area (Å²) in [7, 11) is 3.07. The second kappa shape index (κ2) is 11.6. The van der Waals surface area contributed by atoms with E-state index < -0.39 is 0 Å². The van der Waals surface area contributed by atoms with Gasteiger partial charge in [0.1, 0.15) is 17.2 Å². The molecule has 8 heteroatoms. The zero-order valence-corrected chi connectivity index (χ0v) is 16.2. The molecule has 0 bridgehead atoms. The van der Waals surface area contributed by atoms with Crippen LogP contribution in [-0.4, -0.2) is 51.4 Å². The van der Waals surface area contributed by atoms with Gasteiger partial charge in [-0.1, -0.05) is 6.92 Å². The summed E-state index contributed by atoms with van der Waals surface area (Å²) in [6.07, 6.45) is 1.72. The Balaban J connectivity index is 0.000000350. The first kappa shape index (κ1) is 22.0. The van der Waals surface area contributed by atoms with E-state index in [9.17, 15) is 4.79 Å². The molecule has 148 valence electrons. The van der Waals surface area contributed by atoms with E-state index in [0.717, 1.165) is 24.0 Å². The number of hydrogen-bond acceptors (Lipinski definition) is 7. The number of nitrogens with two attached hydrogens (primary N) is 2. The van der Waals surface area contributed by atoms with Gasteiger partial charge in [0.05, 0.1) is 32.9 Å². The molecular formula is C18H32N4O4. The van der Waals surface area contributed by atoms with Crippen LogP contribution in [0, 0.1) is 5.92 Å². The summed E-state index contributed by atoms with van der Waals surface area (Å²) in [6.45, 7) is 7.01. The number of carbonyl (C=O) groups excluding carboxylic acids is 1. The summed E-state index contributed by atoms with van der Waals surface area (Å²) < 4.78 is 15.9. The summed E-state index contributed by atoms with van der Waals surface area (Å²) in [5.74, 6) is 8.02. The summed E-state index contributed by atoms with van der Waals surface area (Å²) in [5, 5.41) is 4.27. The molecule has 1 fully saturated rings. The molecule has 8 nitrogen and oxygen atoms in total. The van der Waals surface area contributed by atoms with Crippen LogP contribution < -0.4 is 31.1 Å². The number of hydrazine groups is 1. The van der Waals surface area contributed by atoms with E-state index in [1.165, 1.54) is 20.6 Å². The minimum Gasteiger partial charge on any atom is -0.496 e. The highest BCUT2D eigenvalue weighted by Gasteiger charge is 2.15. The van der Waals surface area contributed by atoms with Gasteiger partial charge in [-0.2, -0.15) is 0 Å². The van der Waals surface area contributed by atoms with Crippen molar-refractivity contribution in [2.45, 2.75) is 32.9 Å². The van der Waals surface area contributed by atoms with E-state index in [0.29, 0.717) is 41.9 Å². The van der Waals surface area contributed by atoms with Gasteiger partial charge in [-0.25, -0.2) is 5.84 Å². The van der Waals surface area contributed by atoms with Gasteiger partial charge in [0, 0.05) is 24.7 Å². The summed E-state index contributed by atoms with van der Waals surface area (Å²) in [6, 6.07) is 3.87. The maximum atomic E-state index is 10.6. The monoisotopic (exact) mass is 368 g/mol. The average molecular weight is 368 g/mol. The van der Waals surface area contributed by atoms with Crippen LogP contribution in [0.4, 0.5) is 0 Å². The molecular weight excluding hydrogens is 336 g/mol. The smallest absolute Gasteiger partial charge is 0.223 e. The quantitative estimate of drug-likeness (QED) is 0.283. The number of hydrogen-bond donors (Lipinski definition) is 3. The molecule has 1 saturated heterocycles. The van der Waals surface area contributed by atoms with Crippen molar-refractivity contribution < 1.29 is 19.0 Å². The summed E-state index contributed by atoms with van der Waals surface area (Å²) in [5.41, 5.74) is 6.36. The van der Waals surface area contributed by atoms with Gasteiger partial charge in [-0.05, 0) is 25.8 Å². The van der Waals surface area contributed by atoms with Crippen LogP contribution in [0.5, 0.6) is 17.2 Å². The molecule has 1 aromatic rings. The van der Waals surface area contributed by atoms with Crippen LogP contribution in [0.2, 0.25) is 0 Å².